The Hall–Kier alpha value is -1.47. The van der Waals surface area contributed by atoms with Gasteiger partial charge in [0.25, 0.3) is 0 Å². The summed E-state index contributed by atoms with van der Waals surface area (Å²) in [5.74, 6) is -0.707. The number of unbranched alkanes of at least 4 members (excludes halogenated alkanes) is 1. The van der Waals surface area contributed by atoms with Crippen molar-refractivity contribution in [3.05, 3.63) is 0 Å². The van der Waals surface area contributed by atoms with E-state index in [1.165, 1.54) is 4.90 Å². The normalized spacial score (nSPS) is 20.0. The zero-order chi connectivity index (χ0) is 17.8. The fourth-order valence-corrected chi connectivity index (χ4v) is 2.42. The number of hydrogen-bond donors (Lipinski definition) is 0. The summed E-state index contributed by atoms with van der Waals surface area (Å²) in [7, 11) is 0. The fraction of sp³-hybridized carbons (Fsp3) is 0.867. The van der Waals surface area contributed by atoms with E-state index in [9.17, 15) is 22.8 Å². The van der Waals surface area contributed by atoms with Crippen LogP contribution in [0.25, 0.3) is 0 Å². The summed E-state index contributed by atoms with van der Waals surface area (Å²) < 4.78 is 43.0. The molecule has 1 rings (SSSR count). The second-order valence-electron chi connectivity index (χ2n) is 6.79. The number of halogens is 3. The summed E-state index contributed by atoms with van der Waals surface area (Å²) in [6, 6.07) is -0.454. The van der Waals surface area contributed by atoms with Gasteiger partial charge < -0.3 is 9.64 Å². The van der Waals surface area contributed by atoms with E-state index in [4.69, 9.17) is 4.74 Å². The molecule has 0 radical (unpaired) electrons. The van der Waals surface area contributed by atoms with Crippen molar-refractivity contribution < 1.29 is 27.5 Å². The van der Waals surface area contributed by atoms with Gasteiger partial charge in [0, 0.05) is 6.54 Å². The maximum atomic E-state index is 12.6. The molecule has 0 aliphatic carbocycles. The van der Waals surface area contributed by atoms with Gasteiger partial charge in [0.15, 0.2) is 0 Å². The lowest BCUT2D eigenvalue weighted by Gasteiger charge is -2.41. The van der Waals surface area contributed by atoms with Crippen LogP contribution < -0.4 is 0 Å². The maximum Gasteiger partial charge on any atom is 0.411 e. The Morgan fingerprint density at radius 2 is 1.91 bits per heavy atom. The zero-order valence-electron chi connectivity index (χ0n) is 14.1. The van der Waals surface area contributed by atoms with Gasteiger partial charge in [-0.15, -0.1) is 0 Å². The molecule has 0 unspecified atom stereocenters. The lowest BCUT2D eigenvalue weighted by molar-refractivity contribution is -0.167. The Morgan fingerprint density at radius 1 is 1.30 bits per heavy atom. The van der Waals surface area contributed by atoms with Gasteiger partial charge in [-0.05, 0) is 27.2 Å². The van der Waals surface area contributed by atoms with Crippen LogP contribution in [-0.4, -0.2) is 59.3 Å². The molecule has 5 nitrogen and oxygen atoms in total. The molecule has 1 fully saturated rings. The van der Waals surface area contributed by atoms with E-state index in [-0.39, 0.29) is 13.1 Å². The van der Waals surface area contributed by atoms with E-state index in [1.54, 1.807) is 20.8 Å². The molecule has 1 aliphatic rings. The van der Waals surface area contributed by atoms with Crippen molar-refractivity contribution in [1.82, 2.24) is 9.80 Å². The van der Waals surface area contributed by atoms with Gasteiger partial charge in [-0.3, -0.25) is 9.69 Å². The van der Waals surface area contributed by atoms with E-state index < -0.39 is 36.4 Å². The molecule has 0 saturated carbocycles. The topological polar surface area (TPSA) is 49.9 Å². The number of piperazine rings is 1. The van der Waals surface area contributed by atoms with Crippen LogP contribution in [0.3, 0.4) is 0 Å². The summed E-state index contributed by atoms with van der Waals surface area (Å²) in [5, 5.41) is 0. The molecule has 1 aliphatic heterocycles. The van der Waals surface area contributed by atoms with Gasteiger partial charge in [-0.1, -0.05) is 19.8 Å². The Kier molecular flexibility index (Phi) is 6.30. The quantitative estimate of drug-likeness (QED) is 0.791. The lowest BCUT2D eigenvalue weighted by Crippen LogP contribution is -2.60. The van der Waals surface area contributed by atoms with Gasteiger partial charge >= 0.3 is 12.3 Å². The number of nitrogens with zero attached hydrogens (tertiary/aromatic N) is 2. The Bertz CT molecular complexity index is 433. The summed E-state index contributed by atoms with van der Waals surface area (Å²) in [5.41, 5.74) is -0.724. The molecule has 1 atom stereocenters. The van der Waals surface area contributed by atoms with Crippen molar-refractivity contribution in [3.63, 3.8) is 0 Å². The SMILES string of the molecule is CCCC[C@H]1CN(CC(F)(F)F)C(=O)CN1C(=O)OC(C)(C)C. The largest absolute Gasteiger partial charge is 0.444 e. The number of ether oxygens (including phenoxy) is 1. The number of carbonyl (C=O) groups is 2. The molecule has 0 N–H and O–H groups in total. The van der Waals surface area contributed by atoms with Gasteiger partial charge in [0.1, 0.15) is 18.7 Å². The van der Waals surface area contributed by atoms with Gasteiger partial charge in [0.2, 0.25) is 5.91 Å². The van der Waals surface area contributed by atoms with Crippen molar-refractivity contribution in [2.45, 2.75) is 64.8 Å². The van der Waals surface area contributed by atoms with Gasteiger partial charge in [-0.25, -0.2) is 4.79 Å². The first kappa shape index (κ1) is 19.6. The molecule has 0 aromatic heterocycles. The molecule has 8 heteroatoms. The molecule has 1 saturated heterocycles. The Morgan fingerprint density at radius 3 is 2.39 bits per heavy atom. The third-order valence-corrected chi connectivity index (χ3v) is 3.42. The summed E-state index contributed by atoms with van der Waals surface area (Å²) in [6.07, 6.45) is -2.95. The highest BCUT2D eigenvalue weighted by Crippen LogP contribution is 2.23. The predicted octanol–water partition coefficient (Wildman–Crippen LogP) is 3.19. The molecule has 23 heavy (non-hydrogen) atoms. The van der Waals surface area contributed by atoms with Crippen molar-refractivity contribution in [1.29, 1.82) is 0 Å². The third kappa shape index (κ3) is 6.66. The minimum atomic E-state index is -4.45. The molecule has 0 aromatic carbocycles. The molecule has 0 aromatic rings. The van der Waals surface area contributed by atoms with E-state index in [0.717, 1.165) is 17.7 Å². The molecular weight excluding hydrogens is 313 g/mol. The van der Waals surface area contributed by atoms with Crippen LogP contribution in [0.5, 0.6) is 0 Å². The monoisotopic (exact) mass is 338 g/mol. The zero-order valence-corrected chi connectivity index (χ0v) is 14.1. The average Bonchev–Trinajstić information content (AvgIpc) is 2.35. The highest BCUT2D eigenvalue weighted by molar-refractivity contribution is 5.84. The minimum absolute atomic E-state index is 0.114. The number of hydrogen-bond acceptors (Lipinski definition) is 3. The fourth-order valence-electron chi connectivity index (χ4n) is 2.42. The molecule has 134 valence electrons. The van der Waals surface area contributed by atoms with Crippen LogP contribution in [0.4, 0.5) is 18.0 Å². The molecule has 1 heterocycles. The first-order chi connectivity index (χ1) is 10.4. The van der Waals surface area contributed by atoms with Crippen LogP contribution in [0.2, 0.25) is 0 Å². The minimum Gasteiger partial charge on any atom is -0.444 e. The summed E-state index contributed by atoms with van der Waals surface area (Å²) in [6.45, 7) is 5.29. The van der Waals surface area contributed by atoms with Gasteiger partial charge in [0.05, 0.1) is 6.04 Å². The van der Waals surface area contributed by atoms with Gasteiger partial charge in [-0.2, -0.15) is 13.2 Å². The Labute approximate surface area is 134 Å². The van der Waals surface area contributed by atoms with Crippen molar-refractivity contribution >= 4 is 12.0 Å². The van der Waals surface area contributed by atoms with Crippen LogP contribution in [0, 0.1) is 0 Å². The number of alkyl halides is 3. The van der Waals surface area contributed by atoms with Crippen LogP contribution in [-0.2, 0) is 9.53 Å². The Balaban J connectivity index is 2.85. The number of carbonyl (C=O) groups excluding carboxylic acids is 2. The van der Waals surface area contributed by atoms with Crippen LogP contribution in [0.1, 0.15) is 47.0 Å². The first-order valence-electron chi connectivity index (χ1n) is 7.77. The predicted molar refractivity (Wildman–Crippen MR) is 78.9 cm³/mol. The smallest absolute Gasteiger partial charge is 0.411 e. The second-order valence-corrected chi connectivity index (χ2v) is 6.79. The molecule has 2 amide bonds. The number of rotatable bonds is 4. The van der Waals surface area contributed by atoms with Crippen LogP contribution in [0.15, 0.2) is 0 Å². The van der Waals surface area contributed by atoms with E-state index in [0.29, 0.717) is 6.42 Å². The maximum absolute atomic E-state index is 12.6. The molecule has 0 spiro atoms. The summed E-state index contributed by atoms with van der Waals surface area (Å²) >= 11 is 0. The second kappa shape index (κ2) is 7.40. The van der Waals surface area contributed by atoms with Crippen molar-refractivity contribution in [2.24, 2.45) is 0 Å². The van der Waals surface area contributed by atoms with Crippen molar-refractivity contribution in [2.75, 3.05) is 19.6 Å². The number of amides is 2. The van der Waals surface area contributed by atoms with E-state index in [1.807, 2.05) is 6.92 Å². The highest BCUT2D eigenvalue weighted by Gasteiger charge is 2.41. The highest BCUT2D eigenvalue weighted by atomic mass is 19.4. The summed E-state index contributed by atoms with van der Waals surface area (Å²) in [4.78, 5) is 26.2. The molecule has 0 bridgehead atoms. The third-order valence-electron chi connectivity index (χ3n) is 3.42. The first-order valence-corrected chi connectivity index (χ1v) is 7.77. The molecular formula is C15H25F3N2O3. The van der Waals surface area contributed by atoms with Crippen molar-refractivity contribution in [3.8, 4) is 0 Å². The van der Waals surface area contributed by atoms with E-state index >= 15 is 0 Å². The standard InChI is InChI=1S/C15H25F3N2O3/c1-5-6-7-11-8-19(10-15(16,17)18)12(21)9-20(11)13(22)23-14(2,3)4/h11H,5-10H2,1-4H3/t11-/m0/s1. The lowest BCUT2D eigenvalue weighted by atomic mass is 10.1. The van der Waals surface area contributed by atoms with E-state index in [2.05, 4.69) is 0 Å². The van der Waals surface area contributed by atoms with Crippen LogP contribution >= 0.6 is 0 Å². The average molecular weight is 338 g/mol.